The lowest BCUT2D eigenvalue weighted by atomic mass is 9.94. The number of carbonyl (C=O) groups excluding carboxylic acids is 3. The number of hydrogen-bond donors (Lipinski definition) is 1. The molecule has 7 heteroatoms. The number of hydrogen-bond acceptors (Lipinski definition) is 6. The van der Waals surface area contributed by atoms with Gasteiger partial charge in [-0.25, -0.2) is 0 Å². The van der Waals surface area contributed by atoms with Gasteiger partial charge in [0.15, 0.2) is 0 Å². The second kappa shape index (κ2) is 10.1. The zero-order valence-corrected chi connectivity index (χ0v) is 20.6. The van der Waals surface area contributed by atoms with Crippen molar-refractivity contribution in [2.24, 2.45) is 0 Å². The number of Topliss-reactive ketones (excluding diaryl/α,β-unsaturated/α-hetero) is 1. The topological polar surface area (TPSA) is 93.1 Å². The summed E-state index contributed by atoms with van der Waals surface area (Å²) in [6.07, 6.45) is 0.820. The molecule has 1 aliphatic heterocycles. The largest absolute Gasteiger partial charge is 0.507 e. The van der Waals surface area contributed by atoms with Crippen molar-refractivity contribution in [1.29, 1.82) is 0 Å². The molecule has 3 aromatic rings. The molecule has 0 bridgehead atoms. The molecule has 36 heavy (non-hydrogen) atoms. The maximum atomic E-state index is 13.4. The van der Waals surface area contributed by atoms with Gasteiger partial charge in [-0.3, -0.25) is 19.3 Å². The van der Waals surface area contributed by atoms with Gasteiger partial charge in [0, 0.05) is 12.6 Å². The number of benzene rings is 3. The van der Waals surface area contributed by atoms with Gasteiger partial charge in [0.1, 0.15) is 17.3 Å². The number of rotatable bonds is 6. The van der Waals surface area contributed by atoms with Crippen LogP contribution in [0.2, 0.25) is 0 Å². The van der Waals surface area contributed by atoms with Gasteiger partial charge < -0.3 is 14.6 Å². The quantitative estimate of drug-likeness (QED) is 0.171. The lowest BCUT2D eigenvalue weighted by Gasteiger charge is -2.26. The van der Waals surface area contributed by atoms with Crippen molar-refractivity contribution in [3.05, 3.63) is 94.6 Å². The van der Waals surface area contributed by atoms with Gasteiger partial charge in [-0.2, -0.15) is 0 Å². The van der Waals surface area contributed by atoms with Gasteiger partial charge in [0.05, 0.1) is 24.3 Å². The van der Waals surface area contributed by atoms with Crippen molar-refractivity contribution in [3.63, 3.8) is 0 Å². The molecule has 1 unspecified atom stereocenters. The fourth-order valence-corrected chi connectivity index (χ4v) is 4.37. The van der Waals surface area contributed by atoms with Crippen molar-refractivity contribution in [3.8, 4) is 11.5 Å². The van der Waals surface area contributed by atoms with E-state index in [1.807, 2.05) is 32.0 Å². The molecule has 0 aromatic heterocycles. The zero-order chi connectivity index (χ0) is 26.0. The second-order valence-corrected chi connectivity index (χ2v) is 8.56. The van der Waals surface area contributed by atoms with E-state index in [9.17, 15) is 19.5 Å². The number of aliphatic hydroxyl groups is 1. The molecular weight excluding hydrogens is 458 g/mol. The second-order valence-electron chi connectivity index (χ2n) is 8.56. The van der Waals surface area contributed by atoms with E-state index in [2.05, 4.69) is 0 Å². The number of methoxy groups -OCH3 is 1. The lowest BCUT2D eigenvalue weighted by molar-refractivity contribution is -0.132. The molecule has 1 atom stereocenters. The Hall–Kier alpha value is -4.39. The number of carbonyl (C=O) groups is 3. The van der Waals surface area contributed by atoms with Crippen LogP contribution in [-0.2, 0) is 20.8 Å². The van der Waals surface area contributed by atoms with Crippen molar-refractivity contribution in [2.75, 3.05) is 12.0 Å². The summed E-state index contributed by atoms with van der Waals surface area (Å²) >= 11 is 0. The van der Waals surface area contributed by atoms with Gasteiger partial charge in [0.2, 0.25) is 0 Å². The first-order valence-corrected chi connectivity index (χ1v) is 11.6. The molecule has 184 valence electrons. The maximum Gasteiger partial charge on any atom is 0.308 e. The summed E-state index contributed by atoms with van der Waals surface area (Å²) in [6, 6.07) is 18.2. The van der Waals surface area contributed by atoms with Crippen molar-refractivity contribution in [1.82, 2.24) is 0 Å². The van der Waals surface area contributed by atoms with E-state index in [1.54, 1.807) is 48.5 Å². The van der Waals surface area contributed by atoms with Gasteiger partial charge in [-0.15, -0.1) is 0 Å². The standard InChI is InChI=1S/C29H27NO6/c1-5-19-10-12-21(13-11-19)30-26(20-7-6-8-22(16-20)36-18(3)31)25(28(33)29(30)34)27(32)23-15-17(2)9-14-24(23)35-4/h6-16,26,32H,5H2,1-4H3/b27-25+. The van der Waals surface area contributed by atoms with E-state index in [0.29, 0.717) is 22.6 Å². The number of anilines is 1. The number of esters is 1. The molecule has 7 nitrogen and oxygen atoms in total. The number of ketones is 1. The molecule has 0 saturated carbocycles. The Kier molecular flexibility index (Phi) is 6.92. The molecule has 1 fully saturated rings. The molecule has 1 amide bonds. The Bertz CT molecular complexity index is 1370. The minimum absolute atomic E-state index is 0.0801. The lowest BCUT2D eigenvalue weighted by Crippen LogP contribution is -2.29. The van der Waals surface area contributed by atoms with Crippen LogP contribution in [0.1, 0.15) is 42.1 Å². The Morgan fingerprint density at radius 1 is 1.03 bits per heavy atom. The van der Waals surface area contributed by atoms with E-state index >= 15 is 0 Å². The average molecular weight is 486 g/mol. The Morgan fingerprint density at radius 2 is 1.75 bits per heavy atom. The van der Waals surface area contributed by atoms with Gasteiger partial charge in [0.25, 0.3) is 11.7 Å². The molecule has 0 radical (unpaired) electrons. The highest BCUT2D eigenvalue weighted by Gasteiger charge is 2.47. The Morgan fingerprint density at radius 3 is 2.39 bits per heavy atom. The first-order valence-electron chi connectivity index (χ1n) is 11.6. The summed E-state index contributed by atoms with van der Waals surface area (Å²) in [4.78, 5) is 39.7. The Labute approximate surface area is 209 Å². The molecular formula is C29H27NO6. The van der Waals surface area contributed by atoms with Crippen LogP contribution in [0.25, 0.3) is 5.76 Å². The third-order valence-corrected chi connectivity index (χ3v) is 6.11. The molecule has 1 N–H and O–H groups in total. The zero-order valence-electron chi connectivity index (χ0n) is 20.6. The van der Waals surface area contributed by atoms with Crippen LogP contribution in [0.4, 0.5) is 5.69 Å². The van der Waals surface area contributed by atoms with Gasteiger partial charge in [-0.05, 0) is 60.9 Å². The summed E-state index contributed by atoms with van der Waals surface area (Å²) in [7, 11) is 1.47. The number of aryl methyl sites for hydroxylation is 2. The fourth-order valence-electron chi connectivity index (χ4n) is 4.37. The normalized spacial score (nSPS) is 16.8. The smallest absolute Gasteiger partial charge is 0.308 e. The molecule has 4 rings (SSSR count). The predicted octanol–water partition coefficient (Wildman–Crippen LogP) is 5.12. The predicted molar refractivity (Wildman–Crippen MR) is 136 cm³/mol. The van der Waals surface area contributed by atoms with Crippen molar-refractivity contribution >= 4 is 29.1 Å². The number of nitrogens with zero attached hydrogens (tertiary/aromatic N) is 1. The van der Waals surface area contributed by atoms with E-state index in [1.165, 1.54) is 18.9 Å². The summed E-state index contributed by atoms with van der Waals surface area (Å²) in [5.41, 5.74) is 3.15. The molecule has 0 aliphatic carbocycles. The van der Waals surface area contributed by atoms with Crippen LogP contribution in [0, 0.1) is 6.92 Å². The van der Waals surface area contributed by atoms with E-state index in [-0.39, 0.29) is 17.1 Å². The number of aliphatic hydroxyl groups excluding tert-OH is 1. The highest BCUT2D eigenvalue weighted by atomic mass is 16.5. The number of ether oxygens (including phenoxy) is 2. The van der Waals surface area contributed by atoms with Crippen molar-refractivity contribution < 1.29 is 29.0 Å². The van der Waals surface area contributed by atoms with Crippen LogP contribution in [-0.4, -0.2) is 29.9 Å². The Balaban J connectivity index is 1.97. The van der Waals surface area contributed by atoms with Gasteiger partial charge in [-0.1, -0.05) is 42.8 Å². The number of amides is 1. The minimum Gasteiger partial charge on any atom is -0.507 e. The van der Waals surface area contributed by atoms with Crippen LogP contribution >= 0.6 is 0 Å². The molecule has 0 spiro atoms. The third-order valence-electron chi connectivity index (χ3n) is 6.11. The van der Waals surface area contributed by atoms with E-state index in [0.717, 1.165) is 17.5 Å². The summed E-state index contributed by atoms with van der Waals surface area (Å²) < 4.78 is 10.7. The minimum atomic E-state index is -0.960. The molecule has 3 aromatic carbocycles. The first kappa shape index (κ1) is 24.7. The van der Waals surface area contributed by atoms with Crippen LogP contribution in [0.5, 0.6) is 11.5 Å². The maximum absolute atomic E-state index is 13.4. The average Bonchev–Trinajstić information content (AvgIpc) is 3.13. The van der Waals surface area contributed by atoms with E-state index in [4.69, 9.17) is 9.47 Å². The van der Waals surface area contributed by atoms with Crippen molar-refractivity contribution in [2.45, 2.75) is 33.2 Å². The molecule has 1 heterocycles. The molecule has 1 saturated heterocycles. The molecule has 1 aliphatic rings. The summed E-state index contributed by atoms with van der Waals surface area (Å²) in [6.45, 7) is 5.17. The highest BCUT2D eigenvalue weighted by molar-refractivity contribution is 6.51. The van der Waals surface area contributed by atoms with Crippen LogP contribution in [0.3, 0.4) is 0 Å². The monoisotopic (exact) mass is 485 g/mol. The van der Waals surface area contributed by atoms with Gasteiger partial charge >= 0.3 is 5.97 Å². The van der Waals surface area contributed by atoms with Crippen LogP contribution in [0.15, 0.2) is 72.3 Å². The summed E-state index contributed by atoms with van der Waals surface area (Å²) in [5, 5.41) is 11.5. The fraction of sp³-hybridized carbons (Fsp3) is 0.207. The van der Waals surface area contributed by atoms with Crippen LogP contribution < -0.4 is 14.4 Å². The third kappa shape index (κ3) is 4.60. The SMILES string of the molecule is CCc1ccc(N2C(=O)C(=O)/C(=C(/O)c3cc(C)ccc3OC)C2c2cccc(OC(C)=O)c2)cc1. The van der Waals surface area contributed by atoms with E-state index < -0.39 is 23.7 Å². The highest BCUT2D eigenvalue weighted by Crippen LogP contribution is 2.44. The first-order chi connectivity index (χ1) is 17.2. The summed E-state index contributed by atoms with van der Waals surface area (Å²) in [5.74, 6) is -1.80.